The third kappa shape index (κ3) is 1.35. The van der Waals surface area contributed by atoms with Crippen molar-refractivity contribution in [3.63, 3.8) is 0 Å². The van der Waals surface area contributed by atoms with Crippen molar-refractivity contribution in [3.05, 3.63) is 34.1 Å². The minimum atomic E-state index is -0.591. The number of furan rings is 1. The van der Waals surface area contributed by atoms with Crippen LogP contribution < -0.4 is 4.74 Å². The van der Waals surface area contributed by atoms with Crippen LogP contribution in [-0.4, -0.2) is 12.0 Å². The highest BCUT2D eigenvalue weighted by molar-refractivity contribution is 5.89. The summed E-state index contributed by atoms with van der Waals surface area (Å²) in [6.45, 7) is 0. The smallest absolute Gasteiger partial charge is 0.353 e. The molecule has 0 spiro atoms. The Hall–Kier alpha value is -2.55. The lowest BCUT2D eigenvalue weighted by Gasteiger charge is -2.00. The molecule has 1 aromatic carbocycles. The van der Waals surface area contributed by atoms with Gasteiger partial charge in [-0.1, -0.05) is 0 Å². The van der Waals surface area contributed by atoms with Gasteiger partial charge >= 0.3 is 5.69 Å². The Labute approximate surface area is 89.8 Å². The van der Waals surface area contributed by atoms with Crippen LogP contribution in [0.15, 0.2) is 22.6 Å². The summed E-state index contributed by atoms with van der Waals surface area (Å²) < 4.78 is 9.94. The number of benzene rings is 1. The van der Waals surface area contributed by atoms with Gasteiger partial charge in [-0.2, -0.15) is 5.26 Å². The van der Waals surface area contributed by atoms with Crippen molar-refractivity contribution in [2.24, 2.45) is 0 Å². The molecular weight excluding hydrogens is 212 g/mol. The van der Waals surface area contributed by atoms with Crippen LogP contribution in [0, 0.1) is 21.4 Å². The van der Waals surface area contributed by atoms with Gasteiger partial charge in [0.15, 0.2) is 0 Å². The van der Waals surface area contributed by atoms with E-state index in [2.05, 4.69) is 0 Å². The molecule has 0 aliphatic carbocycles. The summed E-state index contributed by atoms with van der Waals surface area (Å²) in [5.74, 6) is 0.141. The number of ether oxygens (including phenoxy) is 1. The van der Waals surface area contributed by atoms with Gasteiger partial charge in [0.2, 0.25) is 17.1 Å². The molecule has 1 heterocycles. The van der Waals surface area contributed by atoms with Crippen LogP contribution >= 0.6 is 0 Å². The Morgan fingerprint density at radius 3 is 2.88 bits per heavy atom. The zero-order chi connectivity index (χ0) is 11.7. The average molecular weight is 218 g/mol. The lowest BCUT2D eigenvalue weighted by molar-refractivity contribution is -0.384. The molecule has 80 valence electrons. The Morgan fingerprint density at radius 1 is 1.56 bits per heavy atom. The van der Waals surface area contributed by atoms with Crippen LogP contribution in [0.4, 0.5) is 5.69 Å². The van der Waals surface area contributed by atoms with Crippen molar-refractivity contribution < 1.29 is 14.1 Å². The molecule has 0 N–H and O–H groups in total. The maximum Gasteiger partial charge on any atom is 0.353 e. The highest BCUT2D eigenvalue weighted by atomic mass is 16.6. The molecule has 0 fully saturated rings. The number of fused-ring (bicyclic) bond motifs is 1. The maximum absolute atomic E-state index is 10.9. The van der Waals surface area contributed by atoms with Crippen LogP contribution in [0.3, 0.4) is 0 Å². The number of nitrogens with zero attached hydrogens (tertiary/aromatic N) is 2. The number of hydrogen-bond acceptors (Lipinski definition) is 5. The summed E-state index contributed by atoms with van der Waals surface area (Å²) >= 11 is 0. The van der Waals surface area contributed by atoms with Crippen molar-refractivity contribution in [1.29, 1.82) is 5.26 Å². The van der Waals surface area contributed by atoms with Crippen molar-refractivity contribution in [2.75, 3.05) is 7.11 Å². The fraction of sp³-hybridized carbons (Fsp3) is 0.100. The van der Waals surface area contributed by atoms with Gasteiger partial charge in [0, 0.05) is 11.5 Å². The fourth-order valence-corrected chi connectivity index (χ4v) is 1.46. The van der Waals surface area contributed by atoms with Gasteiger partial charge in [-0.05, 0) is 12.1 Å². The Bertz CT molecular complexity index is 609. The summed E-state index contributed by atoms with van der Waals surface area (Å²) in [6, 6.07) is 6.31. The summed E-state index contributed by atoms with van der Waals surface area (Å²) in [6.07, 6.45) is 0. The van der Waals surface area contributed by atoms with Crippen LogP contribution in [-0.2, 0) is 0 Å². The molecule has 0 saturated heterocycles. The molecular formula is C10H6N2O4. The minimum Gasteiger partial charge on any atom is -0.490 e. The number of nitriles is 1. The second kappa shape index (κ2) is 3.55. The first-order valence-corrected chi connectivity index (χ1v) is 4.32. The second-order valence-electron chi connectivity index (χ2n) is 3.01. The number of methoxy groups -OCH3 is 1. The van der Waals surface area contributed by atoms with Crippen LogP contribution in [0.2, 0.25) is 0 Å². The summed E-state index contributed by atoms with van der Waals surface area (Å²) in [4.78, 5) is 10.3. The molecule has 0 amide bonds. The number of nitro benzene ring substituents is 1. The van der Waals surface area contributed by atoms with E-state index in [4.69, 9.17) is 14.4 Å². The van der Waals surface area contributed by atoms with Crippen molar-refractivity contribution in [3.8, 4) is 11.8 Å². The van der Waals surface area contributed by atoms with Crippen molar-refractivity contribution in [1.82, 2.24) is 0 Å². The third-order valence-electron chi connectivity index (χ3n) is 2.14. The van der Waals surface area contributed by atoms with Gasteiger partial charge in [-0.25, -0.2) is 0 Å². The molecule has 0 aliphatic rings. The predicted octanol–water partition coefficient (Wildman–Crippen LogP) is 2.22. The molecule has 6 nitrogen and oxygen atoms in total. The van der Waals surface area contributed by atoms with Gasteiger partial charge in [0.25, 0.3) is 0 Å². The monoisotopic (exact) mass is 218 g/mol. The van der Waals surface area contributed by atoms with Gasteiger partial charge in [0.05, 0.1) is 12.0 Å². The molecule has 0 saturated carbocycles. The number of hydrogen-bond donors (Lipinski definition) is 0. The Kier molecular flexibility index (Phi) is 2.21. The van der Waals surface area contributed by atoms with Crippen LogP contribution in [0.5, 0.6) is 5.75 Å². The normalized spacial score (nSPS) is 10.0. The fourth-order valence-electron chi connectivity index (χ4n) is 1.46. The topological polar surface area (TPSA) is 89.3 Å². The van der Waals surface area contributed by atoms with E-state index in [1.807, 2.05) is 0 Å². The van der Waals surface area contributed by atoms with E-state index < -0.39 is 4.92 Å². The molecule has 0 radical (unpaired) electrons. The minimum absolute atomic E-state index is 0.0337. The molecule has 0 bridgehead atoms. The van der Waals surface area contributed by atoms with E-state index in [1.165, 1.54) is 19.2 Å². The Morgan fingerprint density at radius 2 is 2.31 bits per heavy atom. The van der Waals surface area contributed by atoms with Gasteiger partial charge in [0.1, 0.15) is 6.07 Å². The molecule has 2 rings (SSSR count). The average Bonchev–Trinajstić information content (AvgIpc) is 2.69. The van der Waals surface area contributed by atoms with E-state index in [-0.39, 0.29) is 22.8 Å². The highest BCUT2D eigenvalue weighted by Gasteiger charge is 2.23. The Balaban J connectivity index is 2.83. The molecule has 0 atom stereocenters. The van der Waals surface area contributed by atoms with E-state index >= 15 is 0 Å². The van der Waals surface area contributed by atoms with E-state index in [9.17, 15) is 10.1 Å². The van der Waals surface area contributed by atoms with Gasteiger partial charge < -0.3 is 9.15 Å². The van der Waals surface area contributed by atoms with Crippen LogP contribution in [0.1, 0.15) is 5.76 Å². The molecule has 0 aliphatic heterocycles. The first-order chi connectivity index (χ1) is 7.67. The predicted molar refractivity (Wildman–Crippen MR) is 54.1 cm³/mol. The van der Waals surface area contributed by atoms with Crippen molar-refractivity contribution in [2.45, 2.75) is 0 Å². The lowest BCUT2D eigenvalue weighted by Crippen LogP contribution is -1.93. The van der Waals surface area contributed by atoms with Crippen molar-refractivity contribution >= 4 is 16.7 Å². The number of nitro groups is 1. The number of rotatable bonds is 2. The largest absolute Gasteiger partial charge is 0.490 e. The summed E-state index contributed by atoms with van der Waals surface area (Å²) in [5.41, 5.74) is -0.206. The third-order valence-corrected chi connectivity index (χ3v) is 2.14. The maximum atomic E-state index is 10.9. The highest BCUT2D eigenvalue weighted by Crippen LogP contribution is 2.36. The first kappa shape index (κ1) is 9.98. The van der Waals surface area contributed by atoms with E-state index in [0.717, 1.165) is 0 Å². The summed E-state index contributed by atoms with van der Waals surface area (Å²) in [5, 5.41) is 20.0. The van der Waals surface area contributed by atoms with Gasteiger partial charge in [-0.15, -0.1) is 0 Å². The van der Waals surface area contributed by atoms with E-state index in [1.54, 1.807) is 12.1 Å². The molecule has 0 unspecified atom stereocenters. The zero-order valence-electron chi connectivity index (χ0n) is 8.26. The SMILES string of the molecule is COc1ccc2cc(C#N)oc2c1[N+](=O)[O-]. The molecule has 6 heteroatoms. The second-order valence-corrected chi connectivity index (χ2v) is 3.01. The van der Waals surface area contributed by atoms with E-state index in [0.29, 0.717) is 5.39 Å². The molecule has 16 heavy (non-hydrogen) atoms. The first-order valence-electron chi connectivity index (χ1n) is 4.32. The standard InChI is InChI=1S/C10H6N2O4/c1-15-8-3-2-6-4-7(5-11)16-10(6)9(8)12(13)14/h2-4H,1H3. The summed E-state index contributed by atoms with van der Waals surface area (Å²) in [7, 11) is 1.34. The molecule has 1 aromatic heterocycles. The zero-order valence-corrected chi connectivity index (χ0v) is 8.26. The van der Waals surface area contributed by atoms with Crippen LogP contribution in [0.25, 0.3) is 11.0 Å². The lowest BCUT2D eigenvalue weighted by atomic mass is 10.2. The van der Waals surface area contributed by atoms with Gasteiger partial charge in [-0.3, -0.25) is 10.1 Å². The quantitative estimate of drug-likeness (QED) is 0.569. The molecule has 2 aromatic rings.